The fourth-order valence-corrected chi connectivity index (χ4v) is 1.72. The summed E-state index contributed by atoms with van der Waals surface area (Å²) in [5.74, 6) is -1.04. The molecule has 1 atom stereocenters. The molecule has 1 amide bonds. The summed E-state index contributed by atoms with van der Waals surface area (Å²) in [6, 6.07) is -0.234. The molecule has 0 aliphatic rings. The van der Waals surface area contributed by atoms with E-state index in [0.717, 1.165) is 6.26 Å². The number of nitrogens with one attached hydrogen (secondary N) is 1. The van der Waals surface area contributed by atoms with E-state index in [1.165, 1.54) is 0 Å². The summed E-state index contributed by atoms with van der Waals surface area (Å²) >= 11 is 4.64. The molecular weight excluding hydrogens is 224 g/mol. The zero-order valence-electron chi connectivity index (χ0n) is 8.11. The van der Waals surface area contributed by atoms with E-state index in [4.69, 9.17) is 5.73 Å². The summed E-state index contributed by atoms with van der Waals surface area (Å²) in [5.41, 5.74) is 5.26. The number of thiocarbonyl (C=S) groups is 1. The van der Waals surface area contributed by atoms with Gasteiger partial charge in [0, 0.05) is 18.7 Å². The van der Waals surface area contributed by atoms with Crippen LogP contribution in [0.4, 0.5) is 0 Å². The Hall–Kier alpha value is -0.690. The molecule has 0 aromatic carbocycles. The number of hydrogen-bond acceptors (Lipinski definition) is 4. The second kappa shape index (κ2) is 5.26. The number of rotatable bonds is 5. The second-order valence-electron chi connectivity index (χ2n) is 3.21. The van der Waals surface area contributed by atoms with Crippen molar-refractivity contribution < 1.29 is 13.2 Å². The number of carbonyl (C=O) groups is 1. The van der Waals surface area contributed by atoms with Crippen LogP contribution in [0.3, 0.4) is 0 Å². The summed E-state index contributed by atoms with van der Waals surface area (Å²) in [5, 5.41) is 2.48. The third-order valence-corrected chi connectivity index (χ3v) is 2.26. The van der Waals surface area contributed by atoms with Crippen molar-refractivity contribution in [3.63, 3.8) is 0 Å². The minimum atomic E-state index is -3.27. The quantitative estimate of drug-likeness (QED) is 0.613. The van der Waals surface area contributed by atoms with Gasteiger partial charge in [0.25, 0.3) is 0 Å². The summed E-state index contributed by atoms with van der Waals surface area (Å²) in [6.07, 6.45) is 1.37. The number of amides is 1. The third-order valence-electron chi connectivity index (χ3n) is 1.31. The van der Waals surface area contributed by atoms with Crippen LogP contribution in [0.15, 0.2) is 0 Å². The normalized spacial score (nSPS) is 13.3. The number of nitrogens with two attached hydrogens (primary N) is 1. The highest BCUT2D eigenvalue weighted by Crippen LogP contribution is 1.91. The smallest absolute Gasteiger partial charge is 0.235 e. The van der Waals surface area contributed by atoms with Gasteiger partial charge in [0.15, 0.2) is 9.84 Å². The van der Waals surface area contributed by atoms with Gasteiger partial charge in [-0.3, -0.25) is 4.79 Å². The molecule has 1 unspecified atom stereocenters. The van der Waals surface area contributed by atoms with Gasteiger partial charge in [0.2, 0.25) is 5.91 Å². The molecule has 0 radical (unpaired) electrons. The predicted molar refractivity (Wildman–Crippen MR) is 58.7 cm³/mol. The van der Waals surface area contributed by atoms with Gasteiger partial charge in [-0.1, -0.05) is 12.2 Å². The molecule has 0 aliphatic heterocycles. The van der Waals surface area contributed by atoms with Gasteiger partial charge in [-0.05, 0) is 6.92 Å². The first-order valence-corrected chi connectivity index (χ1v) is 6.43. The van der Waals surface area contributed by atoms with Crippen molar-refractivity contribution >= 4 is 33.0 Å². The molecule has 3 N–H and O–H groups in total. The molecular formula is C7H14N2O3S2. The van der Waals surface area contributed by atoms with Crippen molar-refractivity contribution in [2.24, 2.45) is 5.73 Å². The largest absolute Gasteiger partial charge is 0.393 e. The zero-order chi connectivity index (χ0) is 11.4. The molecule has 0 aromatic heterocycles. The van der Waals surface area contributed by atoms with E-state index in [2.05, 4.69) is 17.5 Å². The molecule has 0 spiro atoms. The van der Waals surface area contributed by atoms with E-state index in [-0.39, 0.29) is 11.0 Å². The molecule has 0 saturated carbocycles. The Morgan fingerprint density at radius 2 is 2.07 bits per heavy atom. The third kappa shape index (κ3) is 7.93. The minimum Gasteiger partial charge on any atom is -0.393 e. The topological polar surface area (TPSA) is 89.3 Å². The SMILES string of the molecule is CC(CC(N)=S)NC(=O)CS(C)(=O)=O. The lowest BCUT2D eigenvalue weighted by Crippen LogP contribution is -2.38. The molecule has 14 heavy (non-hydrogen) atoms. The second-order valence-corrected chi connectivity index (χ2v) is 5.87. The van der Waals surface area contributed by atoms with Gasteiger partial charge in [-0.25, -0.2) is 8.42 Å². The van der Waals surface area contributed by atoms with Crippen LogP contribution in [0.2, 0.25) is 0 Å². The molecule has 0 aliphatic carbocycles. The highest BCUT2D eigenvalue weighted by Gasteiger charge is 2.13. The maximum atomic E-state index is 11.1. The van der Waals surface area contributed by atoms with Gasteiger partial charge < -0.3 is 11.1 Å². The van der Waals surface area contributed by atoms with Crippen LogP contribution in [-0.4, -0.2) is 37.4 Å². The fourth-order valence-electron chi connectivity index (χ4n) is 0.907. The lowest BCUT2D eigenvalue weighted by Gasteiger charge is -2.12. The Kier molecular flexibility index (Phi) is 5.00. The average Bonchev–Trinajstić information content (AvgIpc) is 1.77. The van der Waals surface area contributed by atoms with Crippen molar-refractivity contribution in [3.8, 4) is 0 Å². The van der Waals surface area contributed by atoms with E-state index in [0.29, 0.717) is 6.42 Å². The van der Waals surface area contributed by atoms with E-state index >= 15 is 0 Å². The predicted octanol–water partition coefficient (Wildman–Crippen LogP) is -0.788. The highest BCUT2D eigenvalue weighted by molar-refractivity contribution is 7.91. The molecule has 7 heteroatoms. The van der Waals surface area contributed by atoms with Crippen molar-refractivity contribution in [1.29, 1.82) is 0 Å². The van der Waals surface area contributed by atoms with Crippen molar-refractivity contribution in [1.82, 2.24) is 5.32 Å². The lowest BCUT2D eigenvalue weighted by molar-refractivity contribution is -0.119. The van der Waals surface area contributed by atoms with Gasteiger partial charge in [-0.2, -0.15) is 0 Å². The fraction of sp³-hybridized carbons (Fsp3) is 0.714. The Bertz CT molecular complexity index is 324. The highest BCUT2D eigenvalue weighted by atomic mass is 32.2. The molecule has 0 fully saturated rings. The van der Waals surface area contributed by atoms with Crippen molar-refractivity contribution in [2.75, 3.05) is 12.0 Å². The van der Waals surface area contributed by atoms with Crippen LogP contribution < -0.4 is 11.1 Å². The molecule has 0 heterocycles. The van der Waals surface area contributed by atoms with Crippen LogP contribution in [0.1, 0.15) is 13.3 Å². The average molecular weight is 238 g/mol. The van der Waals surface area contributed by atoms with Crippen molar-refractivity contribution in [3.05, 3.63) is 0 Å². The van der Waals surface area contributed by atoms with Crippen LogP contribution in [-0.2, 0) is 14.6 Å². The molecule has 0 saturated heterocycles. The zero-order valence-corrected chi connectivity index (χ0v) is 9.74. The Morgan fingerprint density at radius 1 is 1.57 bits per heavy atom. The first kappa shape index (κ1) is 13.3. The van der Waals surface area contributed by atoms with Crippen molar-refractivity contribution in [2.45, 2.75) is 19.4 Å². The van der Waals surface area contributed by atoms with E-state index in [1.54, 1.807) is 6.92 Å². The van der Waals surface area contributed by atoms with Gasteiger partial charge in [-0.15, -0.1) is 0 Å². The Balaban J connectivity index is 4.01. The van der Waals surface area contributed by atoms with Gasteiger partial charge in [0.1, 0.15) is 5.75 Å². The Morgan fingerprint density at radius 3 is 2.43 bits per heavy atom. The lowest BCUT2D eigenvalue weighted by atomic mass is 10.2. The van der Waals surface area contributed by atoms with Crippen LogP contribution >= 0.6 is 12.2 Å². The maximum Gasteiger partial charge on any atom is 0.235 e. The molecule has 5 nitrogen and oxygen atoms in total. The summed E-state index contributed by atoms with van der Waals surface area (Å²) in [7, 11) is -3.27. The first-order chi connectivity index (χ1) is 6.20. The Labute approximate surface area is 89.0 Å². The molecule has 0 aromatic rings. The van der Waals surface area contributed by atoms with Crippen LogP contribution in [0, 0.1) is 0 Å². The number of sulfone groups is 1. The first-order valence-electron chi connectivity index (χ1n) is 3.96. The van der Waals surface area contributed by atoms with Gasteiger partial charge in [0.05, 0.1) is 4.99 Å². The van der Waals surface area contributed by atoms with Crippen LogP contribution in [0.25, 0.3) is 0 Å². The number of hydrogen-bond donors (Lipinski definition) is 2. The minimum absolute atomic E-state index is 0.234. The van der Waals surface area contributed by atoms with Crippen LogP contribution in [0.5, 0.6) is 0 Å². The number of carbonyl (C=O) groups excluding carboxylic acids is 1. The molecule has 82 valence electrons. The maximum absolute atomic E-state index is 11.1. The summed E-state index contributed by atoms with van der Waals surface area (Å²) in [4.78, 5) is 11.4. The monoisotopic (exact) mass is 238 g/mol. The summed E-state index contributed by atoms with van der Waals surface area (Å²) in [6.45, 7) is 1.71. The van der Waals surface area contributed by atoms with E-state index in [1.807, 2.05) is 0 Å². The summed E-state index contributed by atoms with van der Waals surface area (Å²) < 4.78 is 21.5. The standard InChI is InChI=1S/C7H14N2O3S2/c1-5(3-6(8)13)9-7(10)4-14(2,11)12/h5H,3-4H2,1-2H3,(H2,8,13)(H,9,10). The van der Waals surface area contributed by atoms with Gasteiger partial charge >= 0.3 is 0 Å². The molecule has 0 bridgehead atoms. The molecule has 0 rings (SSSR count). The van der Waals surface area contributed by atoms with E-state index in [9.17, 15) is 13.2 Å². The van der Waals surface area contributed by atoms with E-state index < -0.39 is 21.5 Å².